The molecule has 0 radical (unpaired) electrons. The molecule has 9 heteroatoms. The highest BCUT2D eigenvalue weighted by molar-refractivity contribution is 6.33. The van der Waals surface area contributed by atoms with Crippen molar-refractivity contribution in [3.05, 3.63) is 17.8 Å². The summed E-state index contributed by atoms with van der Waals surface area (Å²) in [6, 6.07) is 2.10. The van der Waals surface area contributed by atoms with Crippen LogP contribution in [0.3, 0.4) is 0 Å². The zero-order chi connectivity index (χ0) is 15.5. The number of hydrogen-bond donors (Lipinski definition) is 0. The van der Waals surface area contributed by atoms with Crippen molar-refractivity contribution in [2.24, 2.45) is 0 Å². The van der Waals surface area contributed by atoms with Crippen LogP contribution in [-0.2, 0) is 14.2 Å². The van der Waals surface area contributed by atoms with Crippen LogP contribution in [0.2, 0.25) is 5.15 Å². The van der Waals surface area contributed by atoms with Crippen LogP contribution in [0.1, 0.15) is 20.1 Å². The van der Waals surface area contributed by atoms with Gasteiger partial charge in [0.25, 0.3) is 0 Å². The lowest BCUT2D eigenvalue weighted by Crippen LogP contribution is -2.28. The van der Waals surface area contributed by atoms with E-state index in [2.05, 4.69) is 21.0 Å². The number of hydrogen-bond acceptors (Lipinski definition) is 7. The SMILES string of the molecule is CC1(C)OC2[C@@H](C#N)O[C@@H](n3cnc4c(Cl)ncnc43)[C@H]2O1. The van der Waals surface area contributed by atoms with Gasteiger partial charge in [0.1, 0.15) is 24.1 Å². The molecule has 2 saturated heterocycles. The Morgan fingerprint density at radius 3 is 2.82 bits per heavy atom. The zero-order valence-corrected chi connectivity index (χ0v) is 12.6. The van der Waals surface area contributed by atoms with E-state index in [1.807, 2.05) is 13.8 Å². The number of nitriles is 1. The minimum absolute atomic E-state index is 0.263. The first-order chi connectivity index (χ1) is 10.5. The maximum Gasteiger partial charge on any atom is 0.175 e. The number of aromatic nitrogens is 4. The molecule has 0 N–H and O–H groups in total. The van der Waals surface area contributed by atoms with Crippen molar-refractivity contribution < 1.29 is 14.2 Å². The van der Waals surface area contributed by atoms with Gasteiger partial charge in [0.05, 0.1) is 12.4 Å². The molecule has 114 valence electrons. The van der Waals surface area contributed by atoms with E-state index in [1.54, 1.807) is 10.9 Å². The Kier molecular flexibility index (Phi) is 2.90. The second-order valence-corrected chi connectivity index (χ2v) is 5.99. The first-order valence-electron chi connectivity index (χ1n) is 6.74. The largest absolute Gasteiger partial charge is 0.341 e. The maximum absolute atomic E-state index is 9.27. The average Bonchev–Trinajstić information content (AvgIpc) is 3.10. The van der Waals surface area contributed by atoms with Crippen molar-refractivity contribution in [3.63, 3.8) is 0 Å². The molecule has 2 aromatic heterocycles. The molecule has 0 amide bonds. The van der Waals surface area contributed by atoms with Crippen molar-refractivity contribution in [2.45, 2.75) is 44.2 Å². The number of nitrogens with zero attached hydrogens (tertiary/aromatic N) is 5. The average molecular weight is 322 g/mol. The van der Waals surface area contributed by atoms with E-state index in [1.165, 1.54) is 6.33 Å². The van der Waals surface area contributed by atoms with E-state index in [9.17, 15) is 5.26 Å². The summed E-state index contributed by atoms with van der Waals surface area (Å²) in [5.41, 5.74) is 0.999. The lowest BCUT2D eigenvalue weighted by atomic mass is 10.1. The second-order valence-electron chi connectivity index (χ2n) is 5.63. The van der Waals surface area contributed by atoms with Crippen LogP contribution in [0.4, 0.5) is 0 Å². The molecule has 2 aromatic rings. The highest BCUT2D eigenvalue weighted by atomic mass is 35.5. The minimum Gasteiger partial charge on any atom is -0.341 e. The van der Waals surface area contributed by atoms with Crippen LogP contribution < -0.4 is 0 Å². The molecular formula is C13H12ClN5O3. The van der Waals surface area contributed by atoms with Crippen LogP contribution in [-0.4, -0.2) is 43.6 Å². The molecule has 4 heterocycles. The fourth-order valence-electron chi connectivity index (χ4n) is 2.91. The summed E-state index contributed by atoms with van der Waals surface area (Å²) >= 11 is 6.01. The quantitative estimate of drug-likeness (QED) is 0.733. The van der Waals surface area contributed by atoms with E-state index in [0.717, 1.165) is 0 Å². The highest BCUT2D eigenvalue weighted by Gasteiger charge is 2.56. The van der Waals surface area contributed by atoms with E-state index < -0.39 is 30.3 Å². The fraction of sp³-hybridized carbons (Fsp3) is 0.538. The molecule has 0 aromatic carbocycles. The molecule has 4 atom stereocenters. The Morgan fingerprint density at radius 2 is 2.05 bits per heavy atom. The predicted molar refractivity (Wildman–Crippen MR) is 73.7 cm³/mol. The van der Waals surface area contributed by atoms with Crippen molar-refractivity contribution in [1.29, 1.82) is 5.26 Å². The fourth-order valence-corrected chi connectivity index (χ4v) is 3.09. The Balaban J connectivity index is 1.79. The molecule has 0 aliphatic carbocycles. The van der Waals surface area contributed by atoms with Crippen LogP contribution >= 0.6 is 11.6 Å². The van der Waals surface area contributed by atoms with Crippen molar-refractivity contribution in [2.75, 3.05) is 0 Å². The zero-order valence-electron chi connectivity index (χ0n) is 11.8. The lowest BCUT2D eigenvalue weighted by Gasteiger charge is -2.23. The number of fused-ring (bicyclic) bond motifs is 2. The summed E-state index contributed by atoms with van der Waals surface area (Å²) < 4.78 is 19.1. The Labute approximate surface area is 130 Å². The van der Waals surface area contributed by atoms with E-state index >= 15 is 0 Å². The monoisotopic (exact) mass is 321 g/mol. The van der Waals surface area contributed by atoms with Gasteiger partial charge in [-0.1, -0.05) is 11.6 Å². The third kappa shape index (κ3) is 1.90. The molecule has 0 saturated carbocycles. The summed E-state index contributed by atoms with van der Waals surface area (Å²) in [7, 11) is 0. The third-order valence-electron chi connectivity index (χ3n) is 3.74. The topological polar surface area (TPSA) is 95.1 Å². The van der Waals surface area contributed by atoms with Gasteiger partial charge in [0.2, 0.25) is 0 Å². The number of halogens is 1. The van der Waals surface area contributed by atoms with Crippen LogP contribution in [0.5, 0.6) is 0 Å². The molecular weight excluding hydrogens is 310 g/mol. The van der Waals surface area contributed by atoms with Crippen molar-refractivity contribution >= 4 is 22.8 Å². The van der Waals surface area contributed by atoms with Gasteiger partial charge >= 0.3 is 0 Å². The molecule has 2 fully saturated rings. The highest BCUT2D eigenvalue weighted by Crippen LogP contribution is 2.43. The molecule has 0 bridgehead atoms. The molecule has 4 rings (SSSR count). The van der Waals surface area contributed by atoms with Crippen molar-refractivity contribution in [1.82, 2.24) is 19.5 Å². The normalized spacial score (nSPS) is 33.0. The van der Waals surface area contributed by atoms with Gasteiger partial charge in [0, 0.05) is 0 Å². The van der Waals surface area contributed by atoms with Crippen molar-refractivity contribution in [3.8, 4) is 6.07 Å². The first-order valence-corrected chi connectivity index (χ1v) is 7.12. The first kappa shape index (κ1) is 13.8. The molecule has 8 nitrogen and oxygen atoms in total. The van der Waals surface area contributed by atoms with Gasteiger partial charge in [-0.05, 0) is 13.8 Å². The lowest BCUT2D eigenvalue weighted by molar-refractivity contribution is -0.190. The van der Waals surface area contributed by atoms with Gasteiger partial charge in [0.15, 0.2) is 28.9 Å². The van der Waals surface area contributed by atoms with E-state index in [4.69, 9.17) is 25.8 Å². The molecule has 2 aliphatic rings. The van der Waals surface area contributed by atoms with Gasteiger partial charge in [-0.25, -0.2) is 15.0 Å². The van der Waals surface area contributed by atoms with Gasteiger partial charge in [-0.2, -0.15) is 5.26 Å². The standard InChI is InChI=1S/C13H12ClN5O3/c1-13(2)21-8-6(3-15)20-12(9(8)22-13)19-5-18-7-10(14)16-4-17-11(7)19/h4-6,8-9,12H,1-2H3/t6-,8?,9+,12-/m1/s1. The molecule has 0 spiro atoms. The Morgan fingerprint density at radius 1 is 1.27 bits per heavy atom. The minimum atomic E-state index is -0.768. The molecule has 2 aliphatic heterocycles. The summed E-state index contributed by atoms with van der Waals surface area (Å²) in [5, 5.41) is 9.54. The van der Waals surface area contributed by atoms with Gasteiger partial charge in [-0.3, -0.25) is 4.57 Å². The summed E-state index contributed by atoms with van der Waals surface area (Å²) in [4.78, 5) is 12.3. The summed E-state index contributed by atoms with van der Waals surface area (Å²) in [6.45, 7) is 3.61. The van der Waals surface area contributed by atoms with Crippen LogP contribution in [0.25, 0.3) is 11.2 Å². The Bertz CT molecular complexity index is 786. The van der Waals surface area contributed by atoms with Gasteiger partial charge in [-0.15, -0.1) is 0 Å². The smallest absolute Gasteiger partial charge is 0.175 e. The Hall–Kier alpha value is -1.79. The predicted octanol–water partition coefficient (Wildman–Crippen LogP) is 1.42. The van der Waals surface area contributed by atoms with Gasteiger partial charge < -0.3 is 14.2 Å². The maximum atomic E-state index is 9.27. The number of ether oxygens (including phenoxy) is 3. The summed E-state index contributed by atoms with van der Waals surface area (Å²) in [6.07, 6.45) is 0.749. The molecule has 1 unspecified atom stereocenters. The third-order valence-corrected chi connectivity index (χ3v) is 4.02. The summed E-state index contributed by atoms with van der Waals surface area (Å²) in [5.74, 6) is -0.768. The second kappa shape index (κ2) is 4.60. The number of imidazole rings is 1. The number of rotatable bonds is 1. The van der Waals surface area contributed by atoms with E-state index in [0.29, 0.717) is 11.2 Å². The van der Waals surface area contributed by atoms with E-state index in [-0.39, 0.29) is 5.15 Å². The van der Waals surface area contributed by atoms with Crippen LogP contribution in [0.15, 0.2) is 12.7 Å². The van der Waals surface area contributed by atoms with Crippen LogP contribution in [0, 0.1) is 11.3 Å². The molecule has 22 heavy (non-hydrogen) atoms.